The molecule has 0 saturated heterocycles. The van der Waals surface area contributed by atoms with Crippen molar-refractivity contribution in [1.82, 2.24) is 4.31 Å². The van der Waals surface area contributed by atoms with Crippen LogP contribution in [-0.4, -0.2) is 32.8 Å². The highest BCUT2D eigenvalue weighted by atomic mass is 32.2. The van der Waals surface area contributed by atoms with E-state index >= 15 is 0 Å². The lowest BCUT2D eigenvalue weighted by Gasteiger charge is -2.12. The Balaban J connectivity index is 2.28. The Hall–Kier alpha value is -2.25. The minimum absolute atomic E-state index is 0.0220. The summed E-state index contributed by atoms with van der Waals surface area (Å²) in [5.74, 6) is -1.25. The Morgan fingerprint density at radius 3 is 2.41 bits per heavy atom. The van der Waals surface area contributed by atoms with Crippen molar-refractivity contribution < 1.29 is 22.3 Å². The van der Waals surface area contributed by atoms with Crippen LogP contribution in [0.4, 0.5) is 4.39 Å². The van der Waals surface area contributed by atoms with Crippen molar-refractivity contribution in [3.63, 3.8) is 0 Å². The molecule has 2 aromatic rings. The highest BCUT2D eigenvalue weighted by Gasteiger charge is 2.19. The first-order chi connectivity index (χ1) is 10.3. The van der Waals surface area contributed by atoms with Gasteiger partial charge in [-0.1, -0.05) is 12.1 Å². The Labute approximate surface area is 128 Å². The lowest BCUT2D eigenvalue weighted by molar-refractivity contribution is 0.0734. The first-order valence-corrected chi connectivity index (χ1v) is 7.75. The van der Waals surface area contributed by atoms with Crippen molar-refractivity contribution in [2.24, 2.45) is 0 Å². The third-order valence-electron chi connectivity index (χ3n) is 2.85. The molecule has 0 saturated carbocycles. The molecule has 0 aliphatic heterocycles. The van der Waals surface area contributed by atoms with Gasteiger partial charge in [0.1, 0.15) is 11.6 Å². The van der Waals surface area contributed by atoms with Crippen LogP contribution in [0.25, 0.3) is 0 Å². The van der Waals surface area contributed by atoms with E-state index in [4.69, 9.17) is 4.74 Å². The van der Waals surface area contributed by atoms with E-state index in [2.05, 4.69) is 0 Å². The number of hydrogen-bond donors (Lipinski definition) is 0. The summed E-state index contributed by atoms with van der Waals surface area (Å²) in [6, 6.07) is 10.6. The molecule has 0 aromatic heterocycles. The van der Waals surface area contributed by atoms with Gasteiger partial charge in [0, 0.05) is 20.2 Å². The maximum atomic E-state index is 13.1. The normalized spacial score (nSPS) is 11.5. The molecule has 0 radical (unpaired) electrons. The third-order valence-corrected chi connectivity index (χ3v) is 4.67. The smallest absolute Gasteiger partial charge is 0.343 e. The van der Waals surface area contributed by atoms with E-state index < -0.39 is 21.8 Å². The first-order valence-electron chi connectivity index (χ1n) is 6.31. The molecule has 2 rings (SSSR count). The molecule has 0 bridgehead atoms. The van der Waals surface area contributed by atoms with Gasteiger partial charge in [0.25, 0.3) is 0 Å². The molecule has 0 N–H and O–H groups in total. The Bertz CT molecular complexity index is 803. The number of carbonyl (C=O) groups is 1. The summed E-state index contributed by atoms with van der Waals surface area (Å²) >= 11 is 0. The summed E-state index contributed by atoms with van der Waals surface area (Å²) in [6.45, 7) is 0. The van der Waals surface area contributed by atoms with Gasteiger partial charge in [-0.25, -0.2) is 21.9 Å². The zero-order chi connectivity index (χ0) is 16.3. The van der Waals surface area contributed by atoms with Crippen LogP contribution < -0.4 is 4.74 Å². The van der Waals surface area contributed by atoms with E-state index in [0.717, 1.165) is 10.4 Å². The lowest BCUT2D eigenvalue weighted by Crippen LogP contribution is -2.22. The van der Waals surface area contributed by atoms with Crippen LogP contribution in [0.3, 0.4) is 0 Å². The summed E-state index contributed by atoms with van der Waals surface area (Å²) in [6.07, 6.45) is 0. The molecule has 2 aromatic carbocycles. The van der Waals surface area contributed by atoms with Gasteiger partial charge in [0.05, 0.1) is 10.5 Å². The van der Waals surface area contributed by atoms with E-state index in [1.165, 1.54) is 56.6 Å². The lowest BCUT2D eigenvalue weighted by atomic mass is 10.2. The Morgan fingerprint density at radius 1 is 1.09 bits per heavy atom. The summed E-state index contributed by atoms with van der Waals surface area (Å²) in [5.41, 5.74) is 0.0622. The topological polar surface area (TPSA) is 63.7 Å². The van der Waals surface area contributed by atoms with Gasteiger partial charge in [-0.2, -0.15) is 0 Å². The maximum absolute atomic E-state index is 13.1. The quantitative estimate of drug-likeness (QED) is 0.640. The van der Waals surface area contributed by atoms with Crippen LogP contribution >= 0.6 is 0 Å². The van der Waals surface area contributed by atoms with Crippen molar-refractivity contribution in [3.05, 3.63) is 59.9 Å². The fourth-order valence-electron chi connectivity index (χ4n) is 1.69. The first kappa shape index (κ1) is 16.1. The fraction of sp³-hybridized carbons (Fsp3) is 0.133. The molecule has 22 heavy (non-hydrogen) atoms. The van der Waals surface area contributed by atoms with Crippen LogP contribution in [0.2, 0.25) is 0 Å². The van der Waals surface area contributed by atoms with Gasteiger partial charge < -0.3 is 4.74 Å². The van der Waals surface area contributed by atoms with Crippen LogP contribution in [0.15, 0.2) is 53.4 Å². The minimum Gasteiger partial charge on any atom is -0.423 e. The third kappa shape index (κ3) is 3.49. The molecule has 0 amide bonds. The Morgan fingerprint density at radius 2 is 1.77 bits per heavy atom. The largest absolute Gasteiger partial charge is 0.423 e. The molecule has 0 aliphatic carbocycles. The van der Waals surface area contributed by atoms with E-state index in [9.17, 15) is 17.6 Å². The van der Waals surface area contributed by atoms with Crippen molar-refractivity contribution in [3.8, 4) is 5.75 Å². The highest BCUT2D eigenvalue weighted by Crippen LogP contribution is 2.18. The molecule has 5 nitrogen and oxygen atoms in total. The predicted molar refractivity (Wildman–Crippen MR) is 78.7 cm³/mol. The second kappa shape index (κ2) is 6.25. The molecule has 0 spiro atoms. The van der Waals surface area contributed by atoms with Gasteiger partial charge >= 0.3 is 5.97 Å². The molecule has 0 unspecified atom stereocenters. The fourth-order valence-corrected chi connectivity index (χ4v) is 2.64. The second-order valence-electron chi connectivity index (χ2n) is 4.66. The second-order valence-corrected chi connectivity index (χ2v) is 6.81. The van der Waals surface area contributed by atoms with E-state index in [1.54, 1.807) is 0 Å². The van der Waals surface area contributed by atoms with Crippen LogP contribution in [-0.2, 0) is 10.0 Å². The summed E-state index contributed by atoms with van der Waals surface area (Å²) < 4.78 is 43.2. The number of hydrogen-bond acceptors (Lipinski definition) is 4. The molecule has 7 heteroatoms. The van der Waals surface area contributed by atoms with Crippen LogP contribution in [0.5, 0.6) is 5.75 Å². The van der Waals surface area contributed by atoms with E-state index in [-0.39, 0.29) is 16.2 Å². The van der Waals surface area contributed by atoms with Gasteiger partial charge in [0.15, 0.2) is 0 Å². The van der Waals surface area contributed by atoms with Gasteiger partial charge in [-0.05, 0) is 30.3 Å². The zero-order valence-corrected chi connectivity index (χ0v) is 12.8. The number of halogens is 1. The molecule has 0 heterocycles. The number of nitrogens with zero attached hydrogens (tertiary/aromatic N) is 1. The monoisotopic (exact) mass is 323 g/mol. The Kier molecular flexibility index (Phi) is 4.58. The van der Waals surface area contributed by atoms with E-state index in [1.807, 2.05) is 0 Å². The van der Waals surface area contributed by atoms with Crippen molar-refractivity contribution in [2.75, 3.05) is 14.1 Å². The average Bonchev–Trinajstić information content (AvgIpc) is 2.47. The van der Waals surface area contributed by atoms with Crippen molar-refractivity contribution in [2.45, 2.75) is 4.90 Å². The number of ether oxygens (including phenoxy) is 1. The van der Waals surface area contributed by atoms with Crippen molar-refractivity contribution >= 4 is 16.0 Å². The number of esters is 1. The SMILES string of the molecule is CN(C)S(=O)(=O)c1cccc(C(=O)Oc2cccc(F)c2)c1. The zero-order valence-electron chi connectivity index (χ0n) is 12.0. The number of benzene rings is 2. The summed E-state index contributed by atoms with van der Waals surface area (Å²) in [4.78, 5) is 12.0. The predicted octanol–water partition coefficient (Wildman–Crippen LogP) is 2.30. The number of sulfonamides is 1. The van der Waals surface area contributed by atoms with Crippen LogP contribution in [0, 0.1) is 5.82 Å². The van der Waals surface area contributed by atoms with Crippen molar-refractivity contribution in [1.29, 1.82) is 0 Å². The maximum Gasteiger partial charge on any atom is 0.343 e. The highest BCUT2D eigenvalue weighted by molar-refractivity contribution is 7.89. The summed E-state index contributed by atoms with van der Waals surface area (Å²) in [5, 5.41) is 0. The molecule has 0 atom stereocenters. The van der Waals surface area contributed by atoms with Gasteiger partial charge in [0.2, 0.25) is 10.0 Å². The van der Waals surface area contributed by atoms with Gasteiger partial charge in [-0.3, -0.25) is 0 Å². The average molecular weight is 323 g/mol. The van der Waals surface area contributed by atoms with Gasteiger partial charge in [-0.15, -0.1) is 0 Å². The number of carbonyl (C=O) groups excluding carboxylic acids is 1. The summed E-state index contributed by atoms with van der Waals surface area (Å²) in [7, 11) is -0.855. The van der Waals surface area contributed by atoms with Crippen LogP contribution in [0.1, 0.15) is 10.4 Å². The van der Waals surface area contributed by atoms with E-state index in [0.29, 0.717) is 0 Å². The molecule has 116 valence electrons. The molecular formula is C15H14FNO4S. The number of rotatable bonds is 4. The minimum atomic E-state index is -3.65. The molecular weight excluding hydrogens is 309 g/mol. The molecule has 0 fully saturated rings. The standard InChI is InChI=1S/C15H14FNO4S/c1-17(2)22(19,20)14-8-3-5-11(9-14)15(18)21-13-7-4-6-12(16)10-13/h3-10H,1-2H3. The molecule has 0 aliphatic rings.